The Morgan fingerprint density at radius 2 is 1.90 bits per heavy atom. The zero-order valence-corrected chi connectivity index (χ0v) is 16.5. The molecule has 1 saturated carbocycles. The molecular weight excluding hydrogens is 413 g/mol. The van der Waals surface area contributed by atoms with Crippen LogP contribution in [0.1, 0.15) is 18.2 Å². The van der Waals surface area contributed by atoms with Crippen molar-refractivity contribution in [2.24, 2.45) is 5.92 Å². The third kappa shape index (κ3) is 2.94. The molecule has 0 bridgehead atoms. The molecule has 2 heterocycles. The second-order valence-corrected chi connectivity index (χ2v) is 9.62. The molecule has 156 valence electrons. The predicted molar refractivity (Wildman–Crippen MR) is 104 cm³/mol. The first-order chi connectivity index (χ1) is 14.3. The number of halogens is 1. The van der Waals surface area contributed by atoms with Crippen LogP contribution in [0.4, 0.5) is 4.39 Å². The SMILES string of the molecule is O=C(O)Cc1nn([C@H]2CN(S(=O)(=O)c3ccc(O)cc3)[C@H]3C[C@H]32)c2cc(F)ccc12. The van der Waals surface area contributed by atoms with Crippen LogP contribution < -0.4 is 0 Å². The standard InChI is InChI=1S/C20H18FN3O5S/c21-11-1-6-14-16(9-20(26)27)22-24(18(14)7-11)19-10-23(17-8-15(17)19)30(28,29)13-4-2-12(25)3-5-13/h1-7,15,17,19,25H,8-10H2,(H,26,27)/t15-,17+,19+/m1/s1. The summed E-state index contributed by atoms with van der Waals surface area (Å²) < 4.78 is 43.1. The maximum atomic E-state index is 13.9. The number of hydrogen-bond donors (Lipinski definition) is 2. The average Bonchev–Trinajstić information content (AvgIpc) is 3.26. The second-order valence-electron chi connectivity index (χ2n) is 7.73. The molecule has 0 amide bonds. The van der Waals surface area contributed by atoms with Gasteiger partial charge in [0.25, 0.3) is 0 Å². The Balaban J connectivity index is 1.53. The summed E-state index contributed by atoms with van der Waals surface area (Å²) in [5, 5.41) is 23.6. The number of hydrogen-bond acceptors (Lipinski definition) is 5. The van der Waals surface area contributed by atoms with E-state index in [2.05, 4.69) is 5.10 Å². The molecule has 0 radical (unpaired) electrons. The number of carboxylic acid groups (broad SMARTS) is 1. The van der Waals surface area contributed by atoms with Crippen molar-refractivity contribution in [2.45, 2.75) is 29.8 Å². The second kappa shape index (κ2) is 6.51. The third-order valence-electron chi connectivity index (χ3n) is 5.86. The minimum atomic E-state index is -3.76. The van der Waals surface area contributed by atoms with E-state index in [0.717, 1.165) is 0 Å². The van der Waals surface area contributed by atoms with Crippen LogP contribution >= 0.6 is 0 Å². The lowest BCUT2D eigenvalue weighted by Crippen LogP contribution is -2.33. The van der Waals surface area contributed by atoms with Gasteiger partial charge in [-0.25, -0.2) is 12.8 Å². The lowest BCUT2D eigenvalue weighted by Gasteiger charge is -2.21. The highest BCUT2D eigenvalue weighted by atomic mass is 32.2. The van der Waals surface area contributed by atoms with Crippen LogP contribution in [0.3, 0.4) is 0 Å². The molecule has 2 fully saturated rings. The van der Waals surface area contributed by atoms with Crippen LogP contribution in [-0.4, -0.2) is 51.3 Å². The van der Waals surface area contributed by atoms with Crippen LogP contribution in [0.25, 0.3) is 10.9 Å². The summed E-state index contributed by atoms with van der Waals surface area (Å²) in [6.07, 6.45) is 0.360. The van der Waals surface area contributed by atoms with Crippen molar-refractivity contribution in [3.8, 4) is 5.75 Å². The number of piperidine rings is 1. The van der Waals surface area contributed by atoms with E-state index in [-0.39, 0.29) is 41.6 Å². The maximum absolute atomic E-state index is 13.9. The maximum Gasteiger partial charge on any atom is 0.309 e. The minimum absolute atomic E-state index is 0.0199. The van der Waals surface area contributed by atoms with E-state index in [0.29, 0.717) is 23.0 Å². The number of fused-ring (bicyclic) bond motifs is 2. The van der Waals surface area contributed by atoms with Crippen LogP contribution in [-0.2, 0) is 21.2 Å². The van der Waals surface area contributed by atoms with Crippen LogP contribution in [0.2, 0.25) is 0 Å². The highest BCUT2D eigenvalue weighted by molar-refractivity contribution is 7.89. The highest BCUT2D eigenvalue weighted by Gasteiger charge is 2.58. The van der Waals surface area contributed by atoms with E-state index in [1.165, 1.54) is 46.8 Å². The summed E-state index contributed by atoms with van der Waals surface area (Å²) in [5.74, 6) is -1.50. The van der Waals surface area contributed by atoms with Gasteiger partial charge < -0.3 is 10.2 Å². The van der Waals surface area contributed by atoms with Crippen LogP contribution in [0.5, 0.6) is 5.75 Å². The number of carboxylic acids is 1. The Morgan fingerprint density at radius 3 is 2.60 bits per heavy atom. The van der Waals surface area contributed by atoms with Crippen molar-refractivity contribution in [3.63, 3.8) is 0 Å². The first-order valence-corrected chi connectivity index (χ1v) is 10.9. The Morgan fingerprint density at radius 1 is 1.17 bits per heavy atom. The van der Waals surface area contributed by atoms with Gasteiger partial charge in [0.1, 0.15) is 11.6 Å². The molecule has 1 aromatic heterocycles. The van der Waals surface area contributed by atoms with Gasteiger partial charge in [-0.2, -0.15) is 9.40 Å². The van der Waals surface area contributed by atoms with Gasteiger partial charge in [0.2, 0.25) is 10.0 Å². The topological polar surface area (TPSA) is 113 Å². The Bertz CT molecular complexity index is 1270. The summed E-state index contributed by atoms with van der Waals surface area (Å²) in [7, 11) is -3.76. The van der Waals surface area contributed by atoms with Gasteiger partial charge in [0.05, 0.1) is 28.6 Å². The Kier molecular flexibility index (Phi) is 4.13. The van der Waals surface area contributed by atoms with E-state index in [1.807, 2.05) is 0 Å². The number of carbonyl (C=O) groups is 1. The molecule has 10 heteroatoms. The fourth-order valence-corrected chi connectivity index (χ4v) is 6.09. The quantitative estimate of drug-likeness (QED) is 0.640. The summed E-state index contributed by atoms with van der Waals surface area (Å²) in [6, 6.07) is 8.96. The normalized spacial score (nSPS) is 23.6. The molecule has 2 aliphatic rings. The highest BCUT2D eigenvalue weighted by Crippen LogP contribution is 2.53. The molecule has 3 aromatic rings. The van der Waals surface area contributed by atoms with Gasteiger partial charge in [-0.1, -0.05) is 0 Å². The largest absolute Gasteiger partial charge is 0.508 e. The third-order valence-corrected chi connectivity index (χ3v) is 7.76. The number of nitrogens with zero attached hydrogens (tertiary/aromatic N) is 3. The van der Waals surface area contributed by atoms with Crippen molar-refractivity contribution in [1.29, 1.82) is 0 Å². The molecule has 0 unspecified atom stereocenters. The fraction of sp³-hybridized carbons (Fsp3) is 0.300. The van der Waals surface area contributed by atoms with Crippen LogP contribution in [0, 0.1) is 11.7 Å². The molecule has 2 N–H and O–H groups in total. The molecule has 30 heavy (non-hydrogen) atoms. The Labute approximate surface area is 171 Å². The first-order valence-electron chi connectivity index (χ1n) is 9.45. The molecule has 1 saturated heterocycles. The number of aliphatic carboxylic acids is 1. The summed E-state index contributed by atoms with van der Waals surface area (Å²) in [4.78, 5) is 11.3. The van der Waals surface area contributed by atoms with E-state index in [1.54, 1.807) is 4.68 Å². The molecule has 5 rings (SSSR count). The zero-order chi connectivity index (χ0) is 21.2. The predicted octanol–water partition coefficient (Wildman–Crippen LogP) is 2.14. The monoisotopic (exact) mass is 431 g/mol. The lowest BCUT2D eigenvalue weighted by atomic mass is 10.1. The molecule has 1 aliphatic carbocycles. The molecule has 0 spiro atoms. The fourth-order valence-electron chi connectivity index (χ4n) is 4.39. The van der Waals surface area contributed by atoms with Gasteiger partial charge in [0.15, 0.2) is 0 Å². The number of aromatic nitrogens is 2. The summed E-state index contributed by atoms with van der Waals surface area (Å²) in [6.45, 7) is 0.165. The molecule has 1 aliphatic heterocycles. The number of sulfonamides is 1. The smallest absolute Gasteiger partial charge is 0.309 e. The first kappa shape index (κ1) is 19.0. The average molecular weight is 431 g/mol. The zero-order valence-electron chi connectivity index (χ0n) is 15.6. The van der Waals surface area contributed by atoms with Gasteiger partial charge in [-0.15, -0.1) is 0 Å². The van der Waals surface area contributed by atoms with E-state index >= 15 is 0 Å². The Hall–Kier alpha value is -2.98. The molecular formula is C20H18FN3O5S. The summed E-state index contributed by atoms with van der Waals surface area (Å²) in [5.41, 5.74) is 0.792. The molecule has 8 nitrogen and oxygen atoms in total. The van der Waals surface area contributed by atoms with Crippen molar-refractivity contribution in [2.75, 3.05) is 6.54 Å². The van der Waals surface area contributed by atoms with Gasteiger partial charge in [-0.05, 0) is 48.9 Å². The van der Waals surface area contributed by atoms with E-state index < -0.39 is 21.8 Å². The van der Waals surface area contributed by atoms with Crippen molar-refractivity contribution >= 4 is 26.9 Å². The van der Waals surface area contributed by atoms with E-state index in [4.69, 9.17) is 0 Å². The number of benzene rings is 2. The number of aromatic hydroxyl groups is 1. The number of phenols is 1. The molecule has 2 aromatic carbocycles. The van der Waals surface area contributed by atoms with Crippen LogP contribution in [0.15, 0.2) is 47.4 Å². The van der Waals surface area contributed by atoms with Crippen molar-refractivity contribution in [3.05, 3.63) is 54.0 Å². The van der Waals surface area contributed by atoms with E-state index in [9.17, 15) is 27.8 Å². The van der Waals surface area contributed by atoms with Gasteiger partial charge >= 0.3 is 5.97 Å². The number of phenolic OH excluding ortho intramolecular Hbond substituents is 1. The summed E-state index contributed by atoms with van der Waals surface area (Å²) >= 11 is 0. The minimum Gasteiger partial charge on any atom is -0.508 e. The van der Waals surface area contributed by atoms with Crippen molar-refractivity contribution < 1.29 is 27.8 Å². The molecule has 3 atom stereocenters. The van der Waals surface area contributed by atoms with Gasteiger partial charge in [0, 0.05) is 23.9 Å². The number of rotatable bonds is 5. The van der Waals surface area contributed by atoms with Crippen molar-refractivity contribution in [1.82, 2.24) is 14.1 Å². The lowest BCUT2D eigenvalue weighted by molar-refractivity contribution is -0.136. The van der Waals surface area contributed by atoms with Gasteiger partial charge in [-0.3, -0.25) is 9.48 Å².